The van der Waals surface area contributed by atoms with Crippen LogP contribution in [0.2, 0.25) is 0 Å². The van der Waals surface area contributed by atoms with Gasteiger partial charge in [0.05, 0.1) is 17.8 Å². The molecule has 0 aliphatic carbocycles. The Morgan fingerprint density at radius 2 is 2.14 bits per heavy atom. The Balaban J connectivity index is 1.70. The number of thiazole rings is 1. The van der Waals surface area contributed by atoms with Crippen molar-refractivity contribution in [2.24, 2.45) is 7.05 Å². The molecule has 1 aliphatic heterocycles. The van der Waals surface area contributed by atoms with Crippen LogP contribution in [0.15, 0.2) is 0 Å². The van der Waals surface area contributed by atoms with Gasteiger partial charge < -0.3 is 10.2 Å². The average molecular weight is 319 g/mol. The minimum absolute atomic E-state index is 0.0290. The fourth-order valence-corrected chi connectivity index (χ4v) is 3.88. The van der Waals surface area contributed by atoms with Gasteiger partial charge in [0.2, 0.25) is 5.91 Å². The van der Waals surface area contributed by atoms with Crippen molar-refractivity contribution in [3.05, 3.63) is 27.5 Å². The van der Waals surface area contributed by atoms with E-state index < -0.39 is 0 Å². The lowest BCUT2D eigenvalue weighted by molar-refractivity contribution is -0.115. The summed E-state index contributed by atoms with van der Waals surface area (Å²) < 4.78 is 1.82. The molecule has 0 bridgehead atoms. The molecule has 2 aromatic heterocycles. The van der Waals surface area contributed by atoms with E-state index >= 15 is 0 Å². The molecule has 2 aromatic rings. The molecule has 6 nitrogen and oxygen atoms in total. The van der Waals surface area contributed by atoms with Crippen LogP contribution in [0, 0.1) is 13.8 Å². The molecule has 0 saturated heterocycles. The molecule has 0 atom stereocenters. The summed E-state index contributed by atoms with van der Waals surface area (Å²) in [6.07, 6.45) is 1.30. The van der Waals surface area contributed by atoms with Gasteiger partial charge in [-0.3, -0.25) is 9.48 Å². The number of amides is 1. The van der Waals surface area contributed by atoms with E-state index in [1.807, 2.05) is 25.6 Å². The SMILES string of the molecule is Cc1nn(C)c(C)c1CC(=O)Nc1nc2c(s1)CN(C)CC2. The molecule has 0 spiro atoms. The van der Waals surface area contributed by atoms with Gasteiger partial charge in [0, 0.05) is 42.7 Å². The highest BCUT2D eigenvalue weighted by Gasteiger charge is 2.20. The summed E-state index contributed by atoms with van der Waals surface area (Å²) in [5, 5.41) is 8.00. The molecule has 1 N–H and O–H groups in total. The molecule has 0 aromatic carbocycles. The zero-order valence-corrected chi connectivity index (χ0v) is 14.3. The Kier molecular flexibility index (Phi) is 4.01. The number of likely N-dealkylation sites (N-methyl/N-ethyl adjacent to an activating group) is 1. The van der Waals surface area contributed by atoms with Crippen molar-refractivity contribution in [3.8, 4) is 0 Å². The molecule has 3 heterocycles. The van der Waals surface area contributed by atoms with Crippen LogP contribution in [-0.2, 0) is 31.2 Å². The molecule has 1 aliphatic rings. The maximum atomic E-state index is 12.3. The Labute approximate surface area is 134 Å². The van der Waals surface area contributed by atoms with E-state index in [2.05, 4.69) is 27.3 Å². The Bertz CT molecular complexity index is 718. The molecule has 0 saturated carbocycles. The first kappa shape index (κ1) is 15.2. The van der Waals surface area contributed by atoms with E-state index in [0.717, 1.165) is 42.2 Å². The second-order valence-corrected chi connectivity index (χ2v) is 6.96. The molecule has 0 radical (unpaired) electrons. The first-order chi connectivity index (χ1) is 10.4. The number of rotatable bonds is 3. The zero-order chi connectivity index (χ0) is 15.9. The number of aryl methyl sites for hydroxylation is 2. The number of nitrogens with one attached hydrogen (secondary N) is 1. The van der Waals surface area contributed by atoms with Gasteiger partial charge in [-0.15, -0.1) is 11.3 Å². The first-order valence-electron chi connectivity index (χ1n) is 7.40. The maximum Gasteiger partial charge on any atom is 0.230 e. The van der Waals surface area contributed by atoms with E-state index in [0.29, 0.717) is 11.6 Å². The third kappa shape index (κ3) is 2.91. The number of anilines is 1. The highest BCUT2D eigenvalue weighted by Crippen LogP contribution is 2.27. The van der Waals surface area contributed by atoms with Crippen LogP contribution in [-0.4, -0.2) is 39.2 Å². The lowest BCUT2D eigenvalue weighted by Crippen LogP contribution is -2.25. The number of hydrogen-bond acceptors (Lipinski definition) is 5. The molecule has 1 amide bonds. The Morgan fingerprint density at radius 3 is 2.82 bits per heavy atom. The average Bonchev–Trinajstić information content (AvgIpc) is 2.94. The summed E-state index contributed by atoms with van der Waals surface area (Å²) in [7, 11) is 4.00. The molecular formula is C15H21N5OS. The van der Waals surface area contributed by atoms with Gasteiger partial charge in [0.1, 0.15) is 0 Å². The summed E-state index contributed by atoms with van der Waals surface area (Å²) in [6, 6.07) is 0. The van der Waals surface area contributed by atoms with Gasteiger partial charge in [-0.05, 0) is 20.9 Å². The van der Waals surface area contributed by atoms with E-state index in [9.17, 15) is 4.79 Å². The second kappa shape index (κ2) is 5.81. The maximum absolute atomic E-state index is 12.3. The Hall–Kier alpha value is -1.73. The van der Waals surface area contributed by atoms with Crippen LogP contribution in [0.5, 0.6) is 0 Å². The van der Waals surface area contributed by atoms with Gasteiger partial charge in [-0.1, -0.05) is 0 Å². The fraction of sp³-hybridized carbons (Fsp3) is 0.533. The van der Waals surface area contributed by atoms with Crippen LogP contribution in [0.4, 0.5) is 5.13 Å². The minimum Gasteiger partial charge on any atom is -0.302 e. The lowest BCUT2D eigenvalue weighted by atomic mass is 10.1. The molecule has 3 rings (SSSR count). The lowest BCUT2D eigenvalue weighted by Gasteiger charge is -2.20. The highest BCUT2D eigenvalue weighted by molar-refractivity contribution is 7.15. The van der Waals surface area contributed by atoms with Crippen LogP contribution in [0.25, 0.3) is 0 Å². The van der Waals surface area contributed by atoms with E-state index in [1.165, 1.54) is 4.88 Å². The van der Waals surface area contributed by atoms with Crippen molar-refractivity contribution >= 4 is 22.4 Å². The molecule has 0 fully saturated rings. The minimum atomic E-state index is -0.0290. The number of aromatic nitrogens is 3. The second-order valence-electron chi connectivity index (χ2n) is 5.87. The van der Waals surface area contributed by atoms with Gasteiger partial charge >= 0.3 is 0 Å². The molecular weight excluding hydrogens is 298 g/mol. The van der Waals surface area contributed by atoms with Gasteiger partial charge in [0.25, 0.3) is 0 Å². The van der Waals surface area contributed by atoms with Crippen LogP contribution in [0.3, 0.4) is 0 Å². The number of nitrogens with zero attached hydrogens (tertiary/aromatic N) is 4. The summed E-state index contributed by atoms with van der Waals surface area (Å²) >= 11 is 1.59. The highest BCUT2D eigenvalue weighted by atomic mass is 32.1. The Morgan fingerprint density at radius 1 is 1.36 bits per heavy atom. The number of carbonyl (C=O) groups is 1. The monoisotopic (exact) mass is 319 g/mol. The first-order valence-corrected chi connectivity index (χ1v) is 8.21. The normalized spacial score (nSPS) is 14.9. The summed E-state index contributed by atoms with van der Waals surface area (Å²) in [5.41, 5.74) is 4.08. The third-order valence-corrected chi connectivity index (χ3v) is 5.16. The van der Waals surface area contributed by atoms with E-state index in [1.54, 1.807) is 11.3 Å². The fourth-order valence-electron chi connectivity index (χ4n) is 2.77. The molecule has 118 valence electrons. The van der Waals surface area contributed by atoms with Crippen molar-refractivity contribution in [2.75, 3.05) is 18.9 Å². The summed E-state index contributed by atoms with van der Waals surface area (Å²) in [5.74, 6) is -0.0290. The summed E-state index contributed by atoms with van der Waals surface area (Å²) in [4.78, 5) is 20.4. The van der Waals surface area contributed by atoms with Gasteiger partial charge in [-0.2, -0.15) is 5.10 Å². The van der Waals surface area contributed by atoms with Crippen molar-refractivity contribution in [2.45, 2.75) is 33.2 Å². The number of fused-ring (bicyclic) bond motifs is 1. The van der Waals surface area contributed by atoms with Crippen LogP contribution < -0.4 is 5.32 Å². The van der Waals surface area contributed by atoms with Crippen molar-refractivity contribution in [1.82, 2.24) is 19.7 Å². The molecule has 22 heavy (non-hydrogen) atoms. The van der Waals surface area contributed by atoms with Crippen molar-refractivity contribution in [3.63, 3.8) is 0 Å². The van der Waals surface area contributed by atoms with Crippen LogP contribution in [0.1, 0.15) is 27.5 Å². The smallest absolute Gasteiger partial charge is 0.230 e. The van der Waals surface area contributed by atoms with Crippen molar-refractivity contribution < 1.29 is 4.79 Å². The predicted molar refractivity (Wildman–Crippen MR) is 87.2 cm³/mol. The summed E-state index contributed by atoms with van der Waals surface area (Å²) in [6.45, 7) is 5.87. The van der Waals surface area contributed by atoms with Crippen LogP contribution >= 0.6 is 11.3 Å². The van der Waals surface area contributed by atoms with Gasteiger partial charge in [0.15, 0.2) is 5.13 Å². The number of hydrogen-bond donors (Lipinski definition) is 1. The van der Waals surface area contributed by atoms with Gasteiger partial charge in [-0.25, -0.2) is 4.98 Å². The zero-order valence-electron chi connectivity index (χ0n) is 13.4. The largest absolute Gasteiger partial charge is 0.302 e. The van der Waals surface area contributed by atoms with E-state index in [-0.39, 0.29) is 5.91 Å². The standard InChI is InChI=1S/C15H21N5OS/c1-9-11(10(2)20(4)18-9)7-14(21)17-15-16-12-5-6-19(3)8-13(12)22-15/h5-8H2,1-4H3,(H,16,17,21). The molecule has 7 heteroatoms. The van der Waals surface area contributed by atoms with E-state index in [4.69, 9.17) is 0 Å². The predicted octanol–water partition coefficient (Wildman–Crippen LogP) is 1.66. The quantitative estimate of drug-likeness (QED) is 0.934. The topological polar surface area (TPSA) is 63.1 Å². The number of carbonyl (C=O) groups excluding carboxylic acids is 1. The molecule has 0 unspecified atom stereocenters. The van der Waals surface area contributed by atoms with Crippen molar-refractivity contribution in [1.29, 1.82) is 0 Å². The third-order valence-electron chi connectivity index (χ3n) is 4.16.